The van der Waals surface area contributed by atoms with Crippen LogP contribution >= 0.6 is 0 Å². The first kappa shape index (κ1) is 17.9. The average Bonchev–Trinajstić information content (AvgIpc) is 2.52. The zero-order valence-corrected chi connectivity index (χ0v) is 14.3. The number of sulfonamides is 1. The van der Waals surface area contributed by atoms with E-state index in [0.717, 1.165) is 5.56 Å². The van der Waals surface area contributed by atoms with Gasteiger partial charge in [-0.25, -0.2) is 13.1 Å². The van der Waals surface area contributed by atoms with Crippen molar-refractivity contribution in [1.29, 1.82) is 0 Å². The largest absolute Gasteiger partial charge is 0.384 e. The maximum absolute atomic E-state index is 12.1. The summed E-state index contributed by atoms with van der Waals surface area (Å²) in [6.07, 6.45) is 0. The molecule has 0 saturated carbocycles. The highest BCUT2D eigenvalue weighted by Gasteiger charge is 2.13. The van der Waals surface area contributed by atoms with Crippen molar-refractivity contribution in [3.05, 3.63) is 63.7 Å². The molecule has 2 rings (SSSR count). The molecule has 24 heavy (non-hydrogen) atoms. The van der Waals surface area contributed by atoms with Gasteiger partial charge in [-0.2, -0.15) is 0 Å². The Balaban J connectivity index is 1.89. The molecular weight excluding hydrogens is 330 g/mol. The number of benzene rings is 2. The standard InChI is InChI=1S/C16H19N3O4S/c1-12-3-6-15(7-4-12)24(22,23)18-10-9-17-14-5-8-16(19(20)21)13(2)11-14/h3-8,11,17-18H,9-10H2,1-2H3. The number of nitro benzene ring substituents is 1. The molecule has 0 bridgehead atoms. The van der Waals surface area contributed by atoms with Crippen molar-refractivity contribution in [3.8, 4) is 0 Å². The first-order valence-electron chi connectivity index (χ1n) is 7.35. The van der Waals surface area contributed by atoms with E-state index in [1.807, 2.05) is 6.92 Å². The van der Waals surface area contributed by atoms with E-state index in [2.05, 4.69) is 10.0 Å². The van der Waals surface area contributed by atoms with E-state index >= 15 is 0 Å². The average molecular weight is 349 g/mol. The maximum atomic E-state index is 12.1. The second kappa shape index (κ2) is 7.41. The van der Waals surface area contributed by atoms with Gasteiger partial charge < -0.3 is 5.32 Å². The quantitative estimate of drug-likeness (QED) is 0.454. The normalized spacial score (nSPS) is 11.2. The van der Waals surface area contributed by atoms with E-state index < -0.39 is 14.9 Å². The summed E-state index contributed by atoms with van der Waals surface area (Å²) in [5.74, 6) is 0. The predicted molar refractivity (Wildman–Crippen MR) is 92.7 cm³/mol. The maximum Gasteiger partial charge on any atom is 0.272 e. The lowest BCUT2D eigenvalue weighted by molar-refractivity contribution is -0.385. The summed E-state index contributed by atoms with van der Waals surface area (Å²) in [4.78, 5) is 10.6. The molecule has 128 valence electrons. The number of aryl methyl sites for hydroxylation is 2. The summed E-state index contributed by atoms with van der Waals surface area (Å²) in [5, 5.41) is 13.8. The minimum absolute atomic E-state index is 0.0561. The minimum Gasteiger partial charge on any atom is -0.384 e. The van der Waals surface area contributed by atoms with Crippen LogP contribution in [0.1, 0.15) is 11.1 Å². The van der Waals surface area contributed by atoms with E-state index in [-0.39, 0.29) is 17.1 Å². The van der Waals surface area contributed by atoms with E-state index in [9.17, 15) is 18.5 Å². The number of nitro groups is 1. The highest BCUT2D eigenvalue weighted by molar-refractivity contribution is 7.89. The molecule has 7 nitrogen and oxygen atoms in total. The summed E-state index contributed by atoms with van der Waals surface area (Å²) < 4.78 is 26.7. The first-order chi connectivity index (χ1) is 11.3. The van der Waals surface area contributed by atoms with Crippen molar-refractivity contribution in [2.24, 2.45) is 0 Å². The number of rotatable bonds is 7. The van der Waals surface area contributed by atoms with Gasteiger partial charge in [-0.1, -0.05) is 17.7 Å². The zero-order chi connectivity index (χ0) is 17.7. The van der Waals surface area contributed by atoms with Crippen molar-refractivity contribution in [2.45, 2.75) is 18.7 Å². The van der Waals surface area contributed by atoms with E-state index in [1.54, 1.807) is 43.3 Å². The molecule has 0 unspecified atom stereocenters. The van der Waals surface area contributed by atoms with Crippen LogP contribution in [0.2, 0.25) is 0 Å². The van der Waals surface area contributed by atoms with Crippen LogP contribution in [-0.4, -0.2) is 26.4 Å². The lowest BCUT2D eigenvalue weighted by Crippen LogP contribution is -2.28. The molecule has 0 fully saturated rings. The van der Waals surface area contributed by atoms with Crippen LogP contribution in [0.15, 0.2) is 47.4 Å². The molecule has 0 aliphatic heterocycles. The summed E-state index contributed by atoms with van der Waals surface area (Å²) in [6.45, 7) is 4.11. The van der Waals surface area contributed by atoms with Crippen molar-refractivity contribution < 1.29 is 13.3 Å². The third kappa shape index (κ3) is 4.53. The SMILES string of the molecule is Cc1ccc(S(=O)(=O)NCCNc2ccc([N+](=O)[O-])c(C)c2)cc1. The van der Waals surface area contributed by atoms with E-state index in [4.69, 9.17) is 0 Å². The molecule has 2 N–H and O–H groups in total. The predicted octanol–water partition coefficient (Wildman–Crippen LogP) is 2.60. The summed E-state index contributed by atoms with van der Waals surface area (Å²) in [6, 6.07) is 11.3. The Bertz CT molecular complexity index is 833. The number of anilines is 1. The van der Waals surface area contributed by atoms with Crippen LogP contribution in [0.5, 0.6) is 0 Å². The minimum atomic E-state index is -3.54. The molecule has 2 aromatic rings. The number of nitrogens with zero attached hydrogens (tertiary/aromatic N) is 1. The number of hydrogen-bond acceptors (Lipinski definition) is 5. The molecule has 0 aromatic heterocycles. The molecule has 0 aliphatic carbocycles. The second-order valence-electron chi connectivity index (χ2n) is 5.40. The van der Waals surface area contributed by atoms with Gasteiger partial charge in [-0.05, 0) is 38.1 Å². The molecule has 0 saturated heterocycles. The fourth-order valence-electron chi connectivity index (χ4n) is 2.16. The number of hydrogen-bond donors (Lipinski definition) is 2. The fourth-order valence-corrected chi connectivity index (χ4v) is 3.20. The van der Waals surface area contributed by atoms with Crippen molar-refractivity contribution >= 4 is 21.4 Å². The van der Waals surface area contributed by atoms with Crippen molar-refractivity contribution in [3.63, 3.8) is 0 Å². The molecule has 0 heterocycles. The first-order valence-corrected chi connectivity index (χ1v) is 8.83. The smallest absolute Gasteiger partial charge is 0.272 e. The molecule has 8 heteroatoms. The molecule has 0 spiro atoms. The number of nitrogens with one attached hydrogen (secondary N) is 2. The summed E-state index contributed by atoms with van der Waals surface area (Å²) in [7, 11) is -3.54. The Morgan fingerprint density at radius 3 is 2.29 bits per heavy atom. The van der Waals surface area contributed by atoms with Gasteiger partial charge in [0.05, 0.1) is 9.82 Å². The van der Waals surface area contributed by atoms with Crippen molar-refractivity contribution in [1.82, 2.24) is 4.72 Å². The topological polar surface area (TPSA) is 101 Å². The van der Waals surface area contributed by atoms with Gasteiger partial charge in [0.15, 0.2) is 0 Å². The van der Waals surface area contributed by atoms with Gasteiger partial charge in [0.25, 0.3) is 5.69 Å². The van der Waals surface area contributed by atoms with Crippen LogP contribution in [0.25, 0.3) is 0 Å². The van der Waals surface area contributed by atoms with Crippen LogP contribution in [0, 0.1) is 24.0 Å². The Morgan fingerprint density at radius 1 is 1.04 bits per heavy atom. The molecule has 0 aliphatic rings. The Hall–Kier alpha value is -2.45. The van der Waals surface area contributed by atoms with Crippen LogP contribution in [0.4, 0.5) is 11.4 Å². The van der Waals surface area contributed by atoms with Crippen LogP contribution < -0.4 is 10.0 Å². The van der Waals surface area contributed by atoms with Gasteiger partial charge in [0.1, 0.15) is 0 Å². The highest BCUT2D eigenvalue weighted by atomic mass is 32.2. The van der Waals surface area contributed by atoms with Crippen molar-refractivity contribution in [2.75, 3.05) is 18.4 Å². The molecule has 0 amide bonds. The zero-order valence-electron chi connectivity index (χ0n) is 13.4. The van der Waals surface area contributed by atoms with Crippen LogP contribution in [-0.2, 0) is 10.0 Å². The third-order valence-electron chi connectivity index (χ3n) is 3.47. The van der Waals surface area contributed by atoms with Gasteiger partial charge in [-0.15, -0.1) is 0 Å². The van der Waals surface area contributed by atoms with Gasteiger partial charge in [0.2, 0.25) is 10.0 Å². The van der Waals surface area contributed by atoms with Gasteiger partial charge >= 0.3 is 0 Å². The van der Waals surface area contributed by atoms with Gasteiger partial charge in [0, 0.05) is 30.4 Å². The Kier molecular flexibility index (Phi) is 5.53. The summed E-state index contributed by atoms with van der Waals surface area (Å²) in [5.41, 5.74) is 2.29. The lowest BCUT2D eigenvalue weighted by Gasteiger charge is -2.09. The molecule has 2 aromatic carbocycles. The Labute approximate surface area is 140 Å². The van der Waals surface area contributed by atoms with E-state index in [1.165, 1.54) is 6.07 Å². The van der Waals surface area contributed by atoms with Gasteiger partial charge in [-0.3, -0.25) is 10.1 Å². The monoisotopic (exact) mass is 349 g/mol. The Morgan fingerprint density at radius 2 is 1.71 bits per heavy atom. The fraction of sp³-hybridized carbons (Fsp3) is 0.250. The highest BCUT2D eigenvalue weighted by Crippen LogP contribution is 2.21. The van der Waals surface area contributed by atoms with E-state index in [0.29, 0.717) is 17.8 Å². The molecular formula is C16H19N3O4S. The molecule has 0 radical (unpaired) electrons. The summed E-state index contributed by atoms with van der Waals surface area (Å²) >= 11 is 0. The molecule has 0 atom stereocenters. The second-order valence-corrected chi connectivity index (χ2v) is 7.16. The third-order valence-corrected chi connectivity index (χ3v) is 4.95. The van der Waals surface area contributed by atoms with Crippen LogP contribution in [0.3, 0.4) is 0 Å². The lowest BCUT2D eigenvalue weighted by atomic mass is 10.2.